The highest BCUT2D eigenvalue weighted by Gasteiger charge is 2.11. The van der Waals surface area contributed by atoms with E-state index < -0.39 is 4.92 Å². The van der Waals surface area contributed by atoms with Gasteiger partial charge in [-0.3, -0.25) is 15.5 Å². The number of nitro groups is 1. The smallest absolute Gasteiger partial charge is 0.287 e. The molecule has 1 aromatic carbocycles. The summed E-state index contributed by atoms with van der Waals surface area (Å²) in [5.41, 5.74) is 3.25. The Morgan fingerprint density at radius 1 is 1.48 bits per heavy atom. The summed E-state index contributed by atoms with van der Waals surface area (Å²) < 4.78 is 10.7. The number of benzene rings is 1. The molecule has 0 bridgehead atoms. The molecule has 0 unspecified atom stereocenters. The average Bonchev–Trinajstić information content (AvgIpc) is 2.61. The number of aromatic nitrogens is 1. The van der Waals surface area contributed by atoms with Gasteiger partial charge in [0, 0.05) is 6.07 Å². The van der Waals surface area contributed by atoms with Gasteiger partial charge < -0.3 is 9.47 Å². The highest BCUT2D eigenvalue weighted by molar-refractivity contribution is 6.32. The molecule has 0 aliphatic carbocycles. The number of pyridine rings is 1. The zero-order valence-corrected chi connectivity index (χ0v) is 14.1. The Morgan fingerprint density at radius 3 is 2.88 bits per heavy atom. The van der Waals surface area contributed by atoms with Crippen LogP contribution < -0.4 is 14.9 Å². The van der Waals surface area contributed by atoms with E-state index in [-0.39, 0.29) is 5.69 Å². The quantitative estimate of drug-likeness (QED) is 0.333. The predicted molar refractivity (Wildman–Crippen MR) is 95.8 cm³/mol. The molecule has 1 aromatic heterocycles. The molecule has 1 heterocycles. The SMILES string of the molecule is C=CCOc1c(Cl)cc(C=NNc2ccc([N+](=O)[O-])cn2)cc1OC. The number of hydrogen-bond donors (Lipinski definition) is 1. The first-order valence-corrected chi connectivity index (χ1v) is 7.43. The first-order chi connectivity index (χ1) is 12.0. The molecule has 2 rings (SSSR count). The second-order valence-corrected chi connectivity index (χ2v) is 5.07. The second-order valence-electron chi connectivity index (χ2n) is 4.66. The Bertz CT molecular complexity index is 793. The lowest BCUT2D eigenvalue weighted by Crippen LogP contribution is -1.99. The first-order valence-electron chi connectivity index (χ1n) is 7.06. The molecular formula is C16H15ClN4O4. The van der Waals surface area contributed by atoms with Gasteiger partial charge in [-0.1, -0.05) is 24.3 Å². The normalized spacial score (nSPS) is 10.5. The number of anilines is 1. The van der Waals surface area contributed by atoms with Gasteiger partial charge in [-0.15, -0.1) is 0 Å². The summed E-state index contributed by atoms with van der Waals surface area (Å²) in [5.74, 6) is 1.25. The fourth-order valence-corrected chi connectivity index (χ4v) is 2.10. The van der Waals surface area contributed by atoms with E-state index in [4.69, 9.17) is 21.1 Å². The average molecular weight is 363 g/mol. The summed E-state index contributed by atoms with van der Waals surface area (Å²) in [6, 6.07) is 6.15. The van der Waals surface area contributed by atoms with Crippen LogP contribution in [0.15, 0.2) is 48.2 Å². The topological polar surface area (TPSA) is 98.9 Å². The molecule has 1 N–H and O–H groups in total. The minimum absolute atomic E-state index is 0.0961. The van der Waals surface area contributed by atoms with E-state index in [0.717, 1.165) is 6.20 Å². The van der Waals surface area contributed by atoms with Crippen molar-refractivity contribution < 1.29 is 14.4 Å². The number of halogens is 1. The maximum absolute atomic E-state index is 10.6. The monoisotopic (exact) mass is 362 g/mol. The lowest BCUT2D eigenvalue weighted by molar-refractivity contribution is -0.385. The van der Waals surface area contributed by atoms with Crippen LogP contribution >= 0.6 is 11.6 Å². The number of hydrogen-bond acceptors (Lipinski definition) is 7. The van der Waals surface area contributed by atoms with Gasteiger partial charge in [-0.25, -0.2) is 4.98 Å². The third-order valence-electron chi connectivity index (χ3n) is 2.95. The van der Waals surface area contributed by atoms with Crippen molar-refractivity contribution in [2.45, 2.75) is 0 Å². The number of nitrogens with zero attached hydrogens (tertiary/aromatic N) is 3. The standard InChI is InChI=1S/C16H15ClN4O4/c1-3-6-25-16-13(17)7-11(8-14(16)24-2)9-19-20-15-5-4-12(10-18-15)21(22)23/h3-5,7-10H,1,6H2,2H3,(H,18,20). The van der Waals surface area contributed by atoms with E-state index in [0.29, 0.717) is 34.5 Å². The zero-order valence-electron chi connectivity index (χ0n) is 13.3. The van der Waals surface area contributed by atoms with E-state index in [1.165, 1.54) is 25.5 Å². The maximum Gasteiger partial charge on any atom is 0.287 e. The summed E-state index contributed by atoms with van der Waals surface area (Å²) in [5, 5.41) is 15.0. The van der Waals surface area contributed by atoms with Crippen LogP contribution in [0.25, 0.3) is 0 Å². The Balaban J connectivity index is 2.11. The van der Waals surface area contributed by atoms with Crippen molar-refractivity contribution in [3.05, 3.63) is 63.8 Å². The van der Waals surface area contributed by atoms with Crippen molar-refractivity contribution in [1.82, 2.24) is 4.98 Å². The highest BCUT2D eigenvalue weighted by atomic mass is 35.5. The van der Waals surface area contributed by atoms with Gasteiger partial charge in [-0.05, 0) is 23.8 Å². The van der Waals surface area contributed by atoms with Crippen LogP contribution in [0.5, 0.6) is 11.5 Å². The molecule has 0 fully saturated rings. The van der Waals surface area contributed by atoms with Crippen LogP contribution in [0.3, 0.4) is 0 Å². The van der Waals surface area contributed by atoms with Gasteiger partial charge in [0.2, 0.25) is 0 Å². The third kappa shape index (κ3) is 4.92. The van der Waals surface area contributed by atoms with Gasteiger partial charge in [0.05, 0.1) is 23.3 Å². The first kappa shape index (κ1) is 18.2. The molecule has 0 atom stereocenters. The lowest BCUT2D eigenvalue weighted by Gasteiger charge is -2.11. The summed E-state index contributed by atoms with van der Waals surface area (Å²) >= 11 is 6.19. The van der Waals surface area contributed by atoms with E-state index >= 15 is 0 Å². The lowest BCUT2D eigenvalue weighted by atomic mass is 10.2. The van der Waals surface area contributed by atoms with Crippen molar-refractivity contribution in [2.75, 3.05) is 19.1 Å². The van der Waals surface area contributed by atoms with Crippen LogP contribution in [0.4, 0.5) is 11.5 Å². The molecule has 0 amide bonds. The predicted octanol–water partition coefficient (Wildman–Crippen LogP) is 3.66. The summed E-state index contributed by atoms with van der Waals surface area (Å²) in [6.45, 7) is 3.88. The minimum atomic E-state index is -0.523. The molecule has 0 saturated carbocycles. The molecule has 8 nitrogen and oxygen atoms in total. The van der Waals surface area contributed by atoms with E-state index in [2.05, 4.69) is 22.1 Å². The van der Waals surface area contributed by atoms with Crippen LogP contribution in [0.2, 0.25) is 5.02 Å². The summed E-state index contributed by atoms with van der Waals surface area (Å²) in [7, 11) is 1.51. The van der Waals surface area contributed by atoms with E-state index in [1.807, 2.05) is 0 Å². The van der Waals surface area contributed by atoms with Crippen molar-refractivity contribution in [1.29, 1.82) is 0 Å². The van der Waals surface area contributed by atoms with Crippen LogP contribution in [0, 0.1) is 10.1 Å². The molecule has 0 radical (unpaired) electrons. The van der Waals surface area contributed by atoms with Crippen molar-refractivity contribution in [2.24, 2.45) is 5.10 Å². The molecule has 0 aliphatic heterocycles. The van der Waals surface area contributed by atoms with Gasteiger partial charge in [0.25, 0.3) is 5.69 Å². The fraction of sp³-hybridized carbons (Fsp3) is 0.125. The number of hydrazone groups is 1. The largest absolute Gasteiger partial charge is 0.493 e. The summed E-state index contributed by atoms with van der Waals surface area (Å²) in [6.07, 6.45) is 4.25. The second kappa shape index (κ2) is 8.65. The third-order valence-corrected chi connectivity index (χ3v) is 3.23. The summed E-state index contributed by atoms with van der Waals surface area (Å²) in [4.78, 5) is 13.9. The fourth-order valence-electron chi connectivity index (χ4n) is 1.83. The molecule has 9 heteroatoms. The van der Waals surface area contributed by atoms with Gasteiger partial charge >= 0.3 is 0 Å². The zero-order chi connectivity index (χ0) is 18.2. The molecule has 0 aliphatic rings. The van der Waals surface area contributed by atoms with E-state index in [1.54, 1.807) is 18.2 Å². The Kier molecular flexibility index (Phi) is 6.30. The Morgan fingerprint density at radius 2 is 2.28 bits per heavy atom. The number of rotatable bonds is 8. The number of methoxy groups -OCH3 is 1. The highest BCUT2D eigenvalue weighted by Crippen LogP contribution is 2.36. The van der Waals surface area contributed by atoms with Crippen molar-refractivity contribution >= 4 is 29.3 Å². The van der Waals surface area contributed by atoms with Crippen molar-refractivity contribution in [3.63, 3.8) is 0 Å². The van der Waals surface area contributed by atoms with Crippen LogP contribution in [-0.2, 0) is 0 Å². The maximum atomic E-state index is 10.6. The molecule has 0 spiro atoms. The van der Waals surface area contributed by atoms with Crippen LogP contribution in [0.1, 0.15) is 5.56 Å². The molecule has 130 valence electrons. The van der Waals surface area contributed by atoms with Gasteiger partial charge in [0.1, 0.15) is 18.6 Å². The minimum Gasteiger partial charge on any atom is -0.493 e. The van der Waals surface area contributed by atoms with Gasteiger partial charge in [0.15, 0.2) is 11.5 Å². The Labute approximate surface area is 148 Å². The van der Waals surface area contributed by atoms with Crippen LogP contribution in [-0.4, -0.2) is 29.8 Å². The molecular weight excluding hydrogens is 348 g/mol. The molecule has 2 aromatic rings. The van der Waals surface area contributed by atoms with Crippen molar-refractivity contribution in [3.8, 4) is 11.5 Å². The van der Waals surface area contributed by atoms with Gasteiger partial charge in [-0.2, -0.15) is 5.10 Å². The number of ether oxygens (including phenoxy) is 2. The molecule has 25 heavy (non-hydrogen) atoms. The Hall–Kier alpha value is -3.13. The molecule has 0 saturated heterocycles. The number of nitrogens with one attached hydrogen (secondary N) is 1. The van der Waals surface area contributed by atoms with E-state index in [9.17, 15) is 10.1 Å².